The lowest BCUT2D eigenvalue weighted by Crippen LogP contribution is -2.12. The Morgan fingerprint density at radius 1 is 1.69 bits per heavy atom. The minimum Gasteiger partial charge on any atom is -0.370 e. The van der Waals surface area contributed by atoms with Crippen LogP contribution in [0.25, 0.3) is 0 Å². The van der Waals surface area contributed by atoms with E-state index in [-0.39, 0.29) is 5.91 Å². The van der Waals surface area contributed by atoms with Crippen LogP contribution >= 0.6 is 0 Å². The predicted octanol–water partition coefficient (Wildman–Crippen LogP) is 0.0554. The molecule has 0 aliphatic heterocycles. The topological polar surface area (TPSA) is 94.0 Å². The number of amides is 1. The van der Waals surface area contributed by atoms with E-state index in [1.807, 2.05) is 0 Å². The fourth-order valence-electron chi connectivity index (χ4n) is 0.827. The first kappa shape index (κ1) is 9.50. The molecule has 0 aromatic carbocycles. The van der Waals surface area contributed by atoms with Gasteiger partial charge in [0.2, 0.25) is 5.91 Å². The Bertz CT molecular complexity index is 284. The van der Waals surface area contributed by atoms with Gasteiger partial charge < -0.3 is 15.6 Å². The van der Waals surface area contributed by atoms with Crippen molar-refractivity contribution in [3.63, 3.8) is 0 Å². The highest BCUT2D eigenvalue weighted by Crippen LogP contribution is 2.01. The second-order valence-corrected chi connectivity index (χ2v) is 2.64. The zero-order chi connectivity index (χ0) is 9.68. The van der Waals surface area contributed by atoms with Crippen LogP contribution < -0.4 is 11.1 Å². The number of hydrogen-bond donors (Lipinski definition) is 2. The molecule has 1 amide bonds. The van der Waals surface area contributed by atoms with E-state index >= 15 is 0 Å². The van der Waals surface area contributed by atoms with E-state index in [0.717, 1.165) is 0 Å². The van der Waals surface area contributed by atoms with E-state index in [0.29, 0.717) is 31.2 Å². The van der Waals surface area contributed by atoms with Crippen molar-refractivity contribution in [2.75, 3.05) is 11.9 Å². The van der Waals surface area contributed by atoms with Crippen molar-refractivity contribution in [2.24, 2.45) is 5.73 Å². The summed E-state index contributed by atoms with van der Waals surface area (Å²) in [6.45, 7) is 2.34. The molecule has 1 aromatic heterocycles. The third kappa shape index (κ3) is 3.55. The van der Waals surface area contributed by atoms with E-state index < -0.39 is 0 Å². The Kier molecular flexibility index (Phi) is 3.24. The summed E-state index contributed by atoms with van der Waals surface area (Å²) in [6.07, 6.45) is 1.02. The lowest BCUT2D eigenvalue weighted by Gasteiger charge is -1.97. The summed E-state index contributed by atoms with van der Waals surface area (Å²) >= 11 is 0. The average Bonchev–Trinajstić information content (AvgIpc) is 2.45. The molecule has 6 nitrogen and oxygen atoms in total. The van der Waals surface area contributed by atoms with Crippen LogP contribution in [0.15, 0.2) is 4.52 Å². The van der Waals surface area contributed by atoms with Crippen LogP contribution in [0.3, 0.4) is 0 Å². The summed E-state index contributed by atoms with van der Waals surface area (Å²) in [5, 5.41) is 6.46. The molecule has 3 N–H and O–H groups in total. The third-order valence-electron chi connectivity index (χ3n) is 1.40. The Morgan fingerprint density at radius 3 is 3.00 bits per heavy atom. The zero-order valence-electron chi connectivity index (χ0n) is 7.41. The minimum absolute atomic E-state index is 0.302. The molecule has 0 aliphatic carbocycles. The fourth-order valence-corrected chi connectivity index (χ4v) is 0.827. The van der Waals surface area contributed by atoms with Crippen molar-refractivity contribution < 1.29 is 9.32 Å². The minimum atomic E-state index is -0.302. The molecular weight excluding hydrogens is 172 g/mol. The van der Waals surface area contributed by atoms with Gasteiger partial charge in [-0.25, -0.2) is 0 Å². The van der Waals surface area contributed by atoms with Gasteiger partial charge >= 0.3 is 6.01 Å². The van der Waals surface area contributed by atoms with E-state index in [1.165, 1.54) is 0 Å². The number of hydrogen-bond acceptors (Lipinski definition) is 5. The van der Waals surface area contributed by atoms with Gasteiger partial charge in [-0.2, -0.15) is 4.98 Å². The Balaban J connectivity index is 2.16. The monoisotopic (exact) mass is 184 g/mol. The molecule has 0 saturated heterocycles. The second kappa shape index (κ2) is 4.44. The molecule has 72 valence electrons. The van der Waals surface area contributed by atoms with Gasteiger partial charge in [-0.05, 0) is 13.3 Å². The normalized spacial score (nSPS) is 9.92. The standard InChI is InChI=1S/C7H12N4O2/c1-5-10-7(13-11-5)9-4-2-3-6(8)12/h2-4H2,1H3,(H2,8,12)(H,9,10,11). The molecule has 0 unspecified atom stereocenters. The maximum absolute atomic E-state index is 10.4. The van der Waals surface area contributed by atoms with Gasteiger partial charge in [0, 0.05) is 13.0 Å². The smallest absolute Gasteiger partial charge is 0.321 e. The molecule has 0 fully saturated rings. The first-order valence-corrected chi connectivity index (χ1v) is 4.01. The van der Waals surface area contributed by atoms with E-state index in [1.54, 1.807) is 6.92 Å². The van der Waals surface area contributed by atoms with Crippen LogP contribution in [0.2, 0.25) is 0 Å². The number of carbonyl (C=O) groups excluding carboxylic acids is 1. The molecule has 6 heteroatoms. The molecule has 0 spiro atoms. The Hall–Kier alpha value is -1.59. The maximum Gasteiger partial charge on any atom is 0.321 e. The summed E-state index contributed by atoms with van der Waals surface area (Å²) in [4.78, 5) is 14.3. The molecular formula is C7H12N4O2. The number of primary amides is 1. The summed E-state index contributed by atoms with van der Waals surface area (Å²) in [6, 6.07) is 0.377. The highest BCUT2D eigenvalue weighted by molar-refractivity contribution is 5.73. The van der Waals surface area contributed by atoms with Gasteiger partial charge in [-0.3, -0.25) is 4.79 Å². The van der Waals surface area contributed by atoms with Gasteiger partial charge in [-0.15, -0.1) is 0 Å². The van der Waals surface area contributed by atoms with Crippen LogP contribution in [-0.4, -0.2) is 22.6 Å². The number of rotatable bonds is 5. The number of aromatic nitrogens is 2. The number of aryl methyl sites for hydroxylation is 1. The lowest BCUT2D eigenvalue weighted by atomic mass is 10.3. The van der Waals surface area contributed by atoms with Crippen molar-refractivity contribution in [3.05, 3.63) is 5.82 Å². The van der Waals surface area contributed by atoms with E-state index in [2.05, 4.69) is 15.5 Å². The Labute approximate surface area is 75.5 Å². The van der Waals surface area contributed by atoms with Gasteiger partial charge in [0.25, 0.3) is 0 Å². The van der Waals surface area contributed by atoms with Crippen molar-refractivity contribution in [1.82, 2.24) is 10.1 Å². The predicted molar refractivity (Wildman–Crippen MR) is 46.0 cm³/mol. The van der Waals surface area contributed by atoms with Crippen LogP contribution in [0, 0.1) is 6.92 Å². The van der Waals surface area contributed by atoms with Crippen LogP contribution in [-0.2, 0) is 4.79 Å². The van der Waals surface area contributed by atoms with E-state index in [9.17, 15) is 4.79 Å². The van der Waals surface area contributed by atoms with Gasteiger partial charge in [0.1, 0.15) is 0 Å². The Morgan fingerprint density at radius 2 is 2.46 bits per heavy atom. The molecule has 13 heavy (non-hydrogen) atoms. The largest absolute Gasteiger partial charge is 0.370 e. The van der Waals surface area contributed by atoms with Gasteiger partial charge in [0.15, 0.2) is 5.82 Å². The highest BCUT2D eigenvalue weighted by Gasteiger charge is 2.00. The van der Waals surface area contributed by atoms with Crippen molar-refractivity contribution in [2.45, 2.75) is 19.8 Å². The molecule has 0 saturated carbocycles. The maximum atomic E-state index is 10.4. The van der Waals surface area contributed by atoms with Crippen LogP contribution in [0.5, 0.6) is 0 Å². The lowest BCUT2D eigenvalue weighted by molar-refractivity contribution is -0.118. The number of carbonyl (C=O) groups is 1. The van der Waals surface area contributed by atoms with Crippen molar-refractivity contribution >= 4 is 11.9 Å². The highest BCUT2D eigenvalue weighted by atomic mass is 16.5. The number of nitrogens with two attached hydrogens (primary N) is 1. The molecule has 0 aliphatic rings. The molecule has 1 aromatic rings. The summed E-state index contributed by atoms with van der Waals surface area (Å²) < 4.78 is 4.78. The average molecular weight is 184 g/mol. The molecule has 0 atom stereocenters. The zero-order valence-corrected chi connectivity index (χ0v) is 7.41. The second-order valence-electron chi connectivity index (χ2n) is 2.64. The summed E-state index contributed by atoms with van der Waals surface area (Å²) in [5.74, 6) is 0.279. The molecule has 1 heterocycles. The quantitative estimate of drug-likeness (QED) is 0.631. The third-order valence-corrected chi connectivity index (χ3v) is 1.40. The van der Waals surface area contributed by atoms with Crippen LogP contribution in [0.1, 0.15) is 18.7 Å². The van der Waals surface area contributed by atoms with Gasteiger partial charge in [0.05, 0.1) is 0 Å². The fraction of sp³-hybridized carbons (Fsp3) is 0.571. The number of anilines is 1. The SMILES string of the molecule is Cc1noc(NCCCC(N)=O)n1. The number of nitrogens with one attached hydrogen (secondary N) is 1. The molecule has 0 radical (unpaired) electrons. The van der Waals surface area contributed by atoms with Crippen molar-refractivity contribution in [3.8, 4) is 0 Å². The summed E-state index contributed by atoms with van der Waals surface area (Å²) in [5.41, 5.74) is 4.96. The number of nitrogens with zero attached hydrogens (tertiary/aromatic N) is 2. The first-order valence-electron chi connectivity index (χ1n) is 4.01. The van der Waals surface area contributed by atoms with E-state index in [4.69, 9.17) is 10.3 Å². The van der Waals surface area contributed by atoms with Crippen LogP contribution in [0.4, 0.5) is 6.01 Å². The first-order chi connectivity index (χ1) is 6.18. The molecule has 1 rings (SSSR count). The summed E-state index contributed by atoms with van der Waals surface area (Å²) in [7, 11) is 0. The molecule has 0 bridgehead atoms. The van der Waals surface area contributed by atoms with Crippen molar-refractivity contribution in [1.29, 1.82) is 0 Å². The van der Waals surface area contributed by atoms with Gasteiger partial charge in [-0.1, -0.05) is 5.16 Å².